The lowest BCUT2D eigenvalue weighted by Crippen LogP contribution is -2.46. The Bertz CT molecular complexity index is 334. The number of rotatable bonds is 5. The van der Waals surface area contributed by atoms with E-state index in [-0.39, 0.29) is 0 Å². The molecular weight excluding hydrogens is 230 g/mol. The number of likely N-dealkylation sites (tertiary alicyclic amines) is 1. The van der Waals surface area contributed by atoms with E-state index in [0.29, 0.717) is 0 Å². The number of nitrogens with zero attached hydrogens (tertiary/aromatic N) is 2. The smallest absolute Gasteiger partial charge is 0.0794 e. The van der Waals surface area contributed by atoms with Crippen LogP contribution in [0, 0.1) is 0 Å². The van der Waals surface area contributed by atoms with Crippen LogP contribution in [0.3, 0.4) is 0 Å². The van der Waals surface area contributed by atoms with Crippen LogP contribution < -0.4 is 5.32 Å². The first kappa shape index (κ1) is 11.6. The minimum absolute atomic E-state index is 0.742. The van der Waals surface area contributed by atoms with Gasteiger partial charge in [0.05, 0.1) is 11.2 Å². The maximum atomic E-state index is 4.35. The first-order valence-electron chi connectivity index (χ1n) is 6.75. The number of nitrogens with one attached hydrogen (secondary N) is 1. The Hall–Kier alpha value is -0.450. The van der Waals surface area contributed by atoms with Crippen molar-refractivity contribution in [2.75, 3.05) is 19.6 Å². The minimum atomic E-state index is 0.742. The average molecular weight is 251 g/mol. The second kappa shape index (κ2) is 5.46. The van der Waals surface area contributed by atoms with Gasteiger partial charge in [0.1, 0.15) is 0 Å². The van der Waals surface area contributed by atoms with Crippen LogP contribution in [0.25, 0.3) is 0 Å². The predicted molar refractivity (Wildman–Crippen MR) is 71.4 cm³/mol. The van der Waals surface area contributed by atoms with E-state index in [1.54, 1.807) is 11.3 Å². The molecule has 3 rings (SSSR count). The van der Waals surface area contributed by atoms with Crippen LogP contribution in [0.4, 0.5) is 0 Å². The molecule has 0 radical (unpaired) electrons. The molecule has 1 saturated heterocycles. The van der Waals surface area contributed by atoms with Crippen molar-refractivity contribution in [1.29, 1.82) is 0 Å². The van der Waals surface area contributed by atoms with Gasteiger partial charge >= 0.3 is 0 Å². The van der Waals surface area contributed by atoms with E-state index < -0.39 is 0 Å². The Balaban J connectivity index is 1.43. The number of thiazole rings is 1. The molecule has 1 aliphatic heterocycles. The molecule has 0 aromatic carbocycles. The highest BCUT2D eigenvalue weighted by molar-refractivity contribution is 7.07. The van der Waals surface area contributed by atoms with E-state index in [2.05, 4.69) is 20.6 Å². The van der Waals surface area contributed by atoms with Crippen LogP contribution in [-0.4, -0.2) is 41.6 Å². The van der Waals surface area contributed by atoms with Crippen LogP contribution in [0.15, 0.2) is 10.9 Å². The summed E-state index contributed by atoms with van der Waals surface area (Å²) in [5, 5.41) is 5.93. The molecule has 1 N–H and O–H groups in total. The van der Waals surface area contributed by atoms with Crippen molar-refractivity contribution in [3.8, 4) is 0 Å². The van der Waals surface area contributed by atoms with E-state index in [4.69, 9.17) is 0 Å². The van der Waals surface area contributed by atoms with Gasteiger partial charge < -0.3 is 10.2 Å². The van der Waals surface area contributed by atoms with Gasteiger partial charge in [-0.2, -0.15) is 0 Å². The average Bonchev–Trinajstić information content (AvgIpc) is 3.00. The zero-order valence-electron chi connectivity index (χ0n) is 10.3. The molecular formula is C13H21N3S. The second-order valence-corrected chi connectivity index (χ2v) is 6.03. The molecule has 17 heavy (non-hydrogen) atoms. The first-order chi connectivity index (χ1) is 8.40. The molecule has 4 heteroatoms. The van der Waals surface area contributed by atoms with Gasteiger partial charge in [-0.1, -0.05) is 0 Å². The van der Waals surface area contributed by atoms with Crippen LogP contribution in [-0.2, 0) is 6.42 Å². The molecule has 2 fully saturated rings. The third-order valence-electron chi connectivity index (χ3n) is 3.72. The van der Waals surface area contributed by atoms with Crippen LogP contribution in [0.2, 0.25) is 0 Å². The molecule has 3 nitrogen and oxygen atoms in total. The summed E-state index contributed by atoms with van der Waals surface area (Å²) >= 11 is 1.70. The molecule has 1 aromatic heterocycles. The van der Waals surface area contributed by atoms with Crippen molar-refractivity contribution < 1.29 is 0 Å². The molecule has 1 aromatic rings. The molecule has 0 spiro atoms. The maximum Gasteiger partial charge on any atom is 0.0794 e. The summed E-state index contributed by atoms with van der Waals surface area (Å²) in [6.07, 6.45) is 6.62. The Morgan fingerprint density at radius 3 is 3.06 bits per heavy atom. The van der Waals surface area contributed by atoms with Crippen molar-refractivity contribution >= 4 is 11.3 Å². The summed E-state index contributed by atoms with van der Waals surface area (Å²) in [4.78, 5) is 6.95. The van der Waals surface area contributed by atoms with Gasteiger partial charge in [0, 0.05) is 37.0 Å². The van der Waals surface area contributed by atoms with Crippen molar-refractivity contribution in [3.05, 3.63) is 16.6 Å². The molecule has 94 valence electrons. The zero-order valence-corrected chi connectivity index (χ0v) is 11.1. The number of hydrogen-bond acceptors (Lipinski definition) is 4. The number of hydrogen-bond donors (Lipinski definition) is 1. The van der Waals surface area contributed by atoms with E-state index in [1.165, 1.54) is 51.0 Å². The standard InChI is InChI=1S/C13H21N3S/c1-2-12(15-11-3-4-11)8-16(6-1)7-5-13-9-17-10-14-13/h9-12,15H,1-8H2. The first-order valence-corrected chi connectivity index (χ1v) is 7.70. The molecule has 2 heterocycles. The van der Waals surface area contributed by atoms with Gasteiger partial charge in [0.15, 0.2) is 0 Å². The second-order valence-electron chi connectivity index (χ2n) is 5.31. The van der Waals surface area contributed by atoms with Gasteiger partial charge in [-0.25, -0.2) is 4.98 Å². The minimum Gasteiger partial charge on any atom is -0.310 e. The van der Waals surface area contributed by atoms with Crippen LogP contribution in [0.1, 0.15) is 31.4 Å². The van der Waals surface area contributed by atoms with Gasteiger partial charge in [0.25, 0.3) is 0 Å². The van der Waals surface area contributed by atoms with Crippen molar-refractivity contribution in [2.24, 2.45) is 0 Å². The Morgan fingerprint density at radius 2 is 2.29 bits per heavy atom. The topological polar surface area (TPSA) is 28.2 Å². The van der Waals surface area contributed by atoms with Crippen LogP contribution >= 0.6 is 11.3 Å². The fraction of sp³-hybridized carbons (Fsp3) is 0.769. The monoisotopic (exact) mass is 251 g/mol. The maximum absolute atomic E-state index is 4.35. The van der Waals surface area contributed by atoms with Gasteiger partial charge in [-0.15, -0.1) is 11.3 Å². The quantitative estimate of drug-likeness (QED) is 0.866. The third-order valence-corrected chi connectivity index (χ3v) is 4.36. The highest BCUT2D eigenvalue weighted by atomic mass is 32.1. The van der Waals surface area contributed by atoms with Gasteiger partial charge in [0.2, 0.25) is 0 Å². The van der Waals surface area contributed by atoms with Gasteiger partial charge in [-0.05, 0) is 32.2 Å². The summed E-state index contributed by atoms with van der Waals surface area (Å²) in [7, 11) is 0. The zero-order chi connectivity index (χ0) is 11.5. The summed E-state index contributed by atoms with van der Waals surface area (Å²) in [6, 6.07) is 1.59. The lowest BCUT2D eigenvalue weighted by molar-refractivity contribution is 0.191. The van der Waals surface area contributed by atoms with Crippen molar-refractivity contribution in [3.63, 3.8) is 0 Å². The normalized spacial score (nSPS) is 26.2. The third kappa shape index (κ3) is 3.50. The van der Waals surface area contributed by atoms with Gasteiger partial charge in [-0.3, -0.25) is 0 Å². The predicted octanol–water partition coefficient (Wildman–Crippen LogP) is 1.90. The molecule has 0 bridgehead atoms. The molecule has 1 saturated carbocycles. The Morgan fingerprint density at radius 1 is 1.35 bits per heavy atom. The highest BCUT2D eigenvalue weighted by Gasteiger charge is 2.27. The highest BCUT2D eigenvalue weighted by Crippen LogP contribution is 2.22. The van der Waals surface area contributed by atoms with Crippen LogP contribution in [0.5, 0.6) is 0 Å². The summed E-state index contributed by atoms with van der Waals surface area (Å²) in [6.45, 7) is 3.68. The van der Waals surface area contributed by atoms with E-state index in [1.807, 2.05) is 5.51 Å². The summed E-state index contributed by atoms with van der Waals surface area (Å²) < 4.78 is 0. The lowest BCUT2D eigenvalue weighted by atomic mass is 10.1. The fourth-order valence-corrected chi connectivity index (χ4v) is 3.20. The lowest BCUT2D eigenvalue weighted by Gasteiger charge is -2.33. The molecule has 1 unspecified atom stereocenters. The molecule has 1 atom stereocenters. The molecule has 2 aliphatic rings. The summed E-state index contributed by atoms with van der Waals surface area (Å²) in [5.74, 6) is 0. The Labute approximate surface area is 107 Å². The fourth-order valence-electron chi connectivity index (χ4n) is 2.61. The SMILES string of the molecule is c1nc(CCN2CCCC(NC3CC3)C2)cs1. The van der Waals surface area contributed by atoms with E-state index in [9.17, 15) is 0 Å². The van der Waals surface area contributed by atoms with E-state index >= 15 is 0 Å². The largest absolute Gasteiger partial charge is 0.310 e. The Kier molecular flexibility index (Phi) is 3.74. The number of piperidine rings is 1. The molecule has 1 aliphatic carbocycles. The molecule has 0 amide bonds. The number of aromatic nitrogens is 1. The summed E-state index contributed by atoms with van der Waals surface area (Å²) in [5.41, 5.74) is 3.19. The van der Waals surface area contributed by atoms with E-state index in [0.717, 1.165) is 18.5 Å². The van der Waals surface area contributed by atoms with Crippen molar-refractivity contribution in [1.82, 2.24) is 15.2 Å². The van der Waals surface area contributed by atoms with Crippen molar-refractivity contribution in [2.45, 2.75) is 44.2 Å².